The van der Waals surface area contributed by atoms with Crippen LogP contribution in [0.3, 0.4) is 0 Å². The van der Waals surface area contributed by atoms with E-state index < -0.39 is 24.8 Å². The molecule has 0 amide bonds. The molecule has 116 valence electrons. The molecule has 0 saturated heterocycles. The van der Waals surface area contributed by atoms with Crippen LogP contribution in [0.2, 0.25) is 0 Å². The number of allylic oxidation sites excluding steroid dienone is 3. The summed E-state index contributed by atoms with van der Waals surface area (Å²) in [6.45, 7) is -2.04. The Morgan fingerprint density at radius 2 is 1.38 bits per heavy atom. The molecule has 0 spiro atoms. The van der Waals surface area contributed by atoms with Crippen molar-refractivity contribution in [1.82, 2.24) is 0 Å². The van der Waals surface area contributed by atoms with Gasteiger partial charge in [0.15, 0.2) is 0 Å². The average Bonchev–Trinajstić information content (AvgIpc) is 2.41. The Morgan fingerprint density at radius 3 is 1.86 bits per heavy atom. The van der Waals surface area contributed by atoms with E-state index in [1.54, 1.807) is 6.08 Å². The van der Waals surface area contributed by atoms with Gasteiger partial charge in [0.1, 0.15) is 0 Å². The van der Waals surface area contributed by atoms with Crippen molar-refractivity contribution >= 4 is 30.1 Å². The number of carboxylic acid groups (broad SMARTS) is 3. The van der Waals surface area contributed by atoms with Gasteiger partial charge in [-0.2, -0.15) is 0 Å². The fourth-order valence-corrected chi connectivity index (χ4v) is 6.14. The highest BCUT2D eigenvalue weighted by atomic mass is 31.2. The fraction of sp³-hybridized carbons (Fsp3) is 0.429. The van der Waals surface area contributed by atoms with E-state index in [2.05, 4.69) is 0 Å². The van der Waals surface area contributed by atoms with Crippen LogP contribution in [0.5, 0.6) is 0 Å². The molecule has 0 bridgehead atoms. The van der Waals surface area contributed by atoms with Gasteiger partial charge in [0.05, 0.1) is 0 Å². The number of aliphatic carboxylic acids is 3. The molecule has 0 unspecified atom stereocenters. The Balaban J connectivity index is 3.09. The third-order valence-electron chi connectivity index (χ3n) is 3.39. The van der Waals surface area contributed by atoms with E-state index >= 15 is 0 Å². The van der Waals surface area contributed by atoms with Crippen molar-refractivity contribution in [3.63, 3.8) is 0 Å². The Morgan fingerprint density at radius 1 is 0.857 bits per heavy atom. The summed E-state index contributed by atoms with van der Waals surface area (Å²) in [5.74, 6) is -0.855. The van der Waals surface area contributed by atoms with E-state index in [0.717, 1.165) is 5.29 Å². The SMILES string of the molecule is O=C(O)CCC1=P(CCC(=O)O)(CCC(=O)O)C=CC=C1. The zero-order valence-electron chi connectivity index (χ0n) is 11.6. The van der Waals surface area contributed by atoms with Gasteiger partial charge in [-0.3, -0.25) is 14.4 Å². The molecular formula is C14H19O6P. The minimum atomic E-state index is -2.04. The van der Waals surface area contributed by atoms with Gasteiger partial charge in [-0.05, 0) is 24.0 Å². The molecule has 0 aromatic carbocycles. The van der Waals surface area contributed by atoms with Gasteiger partial charge in [0, 0.05) is 19.3 Å². The second kappa shape index (κ2) is 7.84. The highest BCUT2D eigenvalue weighted by Gasteiger charge is 2.23. The van der Waals surface area contributed by atoms with Crippen molar-refractivity contribution in [3.05, 3.63) is 24.0 Å². The lowest BCUT2D eigenvalue weighted by Gasteiger charge is -2.27. The average molecular weight is 314 g/mol. The third-order valence-corrected chi connectivity index (χ3v) is 7.69. The highest BCUT2D eigenvalue weighted by molar-refractivity contribution is 7.79. The highest BCUT2D eigenvalue weighted by Crippen LogP contribution is 2.54. The molecule has 3 N–H and O–H groups in total. The maximum Gasteiger partial charge on any atom is 0.303 e. The first-order chi connectivity index (χ1) is 9.85. The summed E-state index contributed by atoms with van der Waals surface area (Å²) >= 11 is 0. The van der Waals surface area contributed by atoms with Gasteiger partial charge in [-0.15, -0.1) is 0 Å². The van der Waals surface area contributed by atoms with Crippen LogP contribution in [-0.2, 0) is 14.4 Å². The second-order valence-electron chi connectivity index (χ2n) is 4.85. The predicted molar refractivity (Wildman–Crippen MR) is 81.3 cm³/mol. The zero-order chi connectivity index (χ0) is 15.9. The zero-order valence-corrected chi connectivity index (χ0v) is 12.5. The van der Waals surface area contributed by atoms with Crippen molar-refractivity contribution in [2.45, 2.75) is 25.7 Å². The summed E-state index contributed by atoms with van der Waals surface area (Å²) in [4.78, 5) is 32.5. The number of rotatable bonds is 9. The van der Waals surface area contributed by atoms with Crippen molar-refractivity contribution in [3.8, 4) is 0 Å². The van der Waals surface area contributed by atoms with E-state index in [4.69, 9.17) is 15.3 Å². The number of carboxylic acids is 3. The summed E-state index contributed by atoms with van der Waals surface area (Å²) in [7, 11) is 0. The van der Waals surface area contributed by atoms with Crippen molar-refractivity contribution < 1.29 is 29.7 Å². The standard InChI is InChI=1S/C14H19O6P/c15-12(16)5-4-11-3-1-2-8-21(11,9-6-13(17)18)10-7-14(19)20/h1-3,8H,4-7,9-10H2,(H,15,16)(H,17,18)(H,19,20). The molecule has 0 atom stereocenters. The van der Waals surface area contributed by atoms with Crippen LogP contribution in [0, 0.1) is 0 Å². The van der Waals surface area contributed by atoms with Gasteiger partial charge in [-0.25, -0.2) is 0 Å². The molecule has 0 aromatic heterocycles. The van der Waals surface area contributed by atoms with Gasteiger partial charge in [0.2, 0.25) is 0 Å². The molecule has 1 aliphatic heterocycles. The molecule has 21 heavy (non-hydrogen) atoms. The lowest BCUT2D eigenvalue weighted by molar-refractivity contribution is -0.137. The van der Waals surface area contributed by atoms with Crippen LogP contribution in [0.15, 0.2) is 24.0 Å². The van der Waals surface area contributed by atoms with Crippen LogP contribution in [0.4, 0.5) is 0 Å². The molecule has 1 rings (SSSR count). The quantitative estimate of drug-likeness (QED) is 0.562. The van der Waals surface area contributed by atoms with Crippen LogP contribution < -0.4 is 0 Å². The summed E-state index contributed by atoms with van der Waals surface area (Å²) in [5, 5.41) is 27.5. The maximum absolute atomic E-state index is 10.9. The summed E-state index contributed by atoms with van der Waals surface area (Å²) in [6.07, 6.45) is 6.40. The Kier molecular flexibility index (Phi) is 6.43. The van der Waals surface area contributed by atoms with E-state index in [9.17, 15) is 14.4 Å². The normalized spacial score (nSPS) is 15.9. The number of hydrogen-bond donors (Lipinski definition) is 3. The Bertz CT molecular complexity index is 522. The lowest BCUT2D eigenvalue weighted by atomic mass is 10.2. The first kappa shape index (κ1) is 17.2. The minimum absolute atomic E-state index is 0.0323. The molecule has 7 heteroatoms. The van der Waals surface area contributed by atoms with E-state index in [1.807, 2.05) is 18.0 Å². The minimum Gasteiger partial charge on any atom is -0.481 e. The predicted octanol–water partition coefficient (Wildman–Crippen LogP) is 2.07. The largest absolute Gasteiger partial charge is 0.481 e. The van der Waals surface area contributed by atoms with Crippen LogP contribution in [0.25, 0.3) is 0 Å². The van der Waals surface area contributed by atoms with Crippen molar-refractivity contribution in [1.29, 1.82) is 0 Å². The second-order valence-corrected chi connectivity index (χ2v) is 8.69. The molecule has 0 fully saturated rings. The molecule has 1 aliphatic rings. The topological polar surface area (TPSA) is 112 Å². The van der Waals surface area contributed by atoms with Gasteiger partial charge >= 0.3 is 17.9 Å². The Hall–Kier alpha value is -1.81. The van der Waals surface area contributed by atoms with Crippen LogP contribution in [-0.4, -0.2) is 50.8 Å². The third kappa shape index (κ3) is 5.60. The van der Waals surface area contributed by atoms with Crippen molar-refractivity contribution in [2.75, 3.05) is 12.3 Å². The lowest BCUT2D eigenvalue weighted by Crippen LogP contribution is -2.13. The molecule has 0 radical (unpaired) electrons. The van der Waals surface area contributed by atoms with E-state index in [-0.39, 0.29) is 19.3 Å². The van der Waals surface area contributed by atoms with E-state index in [1.165, 1.54) is 0 Å². The number of carbonyl (C=O) groups is 3. The molecular weight excluding hydrogens is 295 g/mol. The molecule has 0 saturated carbocycles. The molecule has 0 aromatic rings. The summed E-state index contributed by atoms with van der Waals surface area (Å²) < 4.78 is 0. The monoisotopic (exact) mass is 314 g/mol. The van der Waals surface area contributed by atoms with Gasteiger partial charge < -0.3 is 15.3 Å². The van der Waals surface area contributed by atoms with Crippen LogP contribution in [0.1, 0.15) is 25.7 Å². The number of hydrogen-bond acceptors (Lipinski definition) is 3. The smallest absolute Gasteiger partial charge is 0.303 e. The first-order valence-electron chi connectivity index (χ1n) is 6.60. The van der Waals surface area contributed by atoms with Gasteiger partial charge in [-0.1, -0.05) is 30.9 Å². The van der Waals surface area contributed by atoms with Crippen molar-refractivity contribution in [2.24, 2.45) is 0 Å². The fourth-order valence-electron chi connectivity index (χ4n) is 2.30. The van der Waals surface area contributed by atoms with E-state index in [0.29, 0.717) is 18.7 Å². The Labute approximate surface area is 122 Å². The summed E-state index contributed by atoms with van der Waals surface area (Å²) in [6, 6.07) is 0. The van der Waals surface area contributed by atoms with Crippen LogP contribution >= 0.6 is 6.89 Å². The molecule has 1 heterocycles. The molecule has 6 nitrogen and oxygen atoms in total. The maximum atomic E-state index is 10.9. The molecule has 0 aliphatic carbocycles. The van der Waals surface area contributed by atoms with Gasteiger partial charge in [0.25, 0.3) is 0 Å². The summed E-state index contributed by atoms with van der Waals surface area (Å²) in [5.41, 5.74) is 0. The first-order valence-corrected chi connectivity index (χ1v) is 8.83.